The molecule has 30 heavy (non-hydrogen) atoms. The highest BCUT2D eigenvalue weighted by molar-refractivity contribution is 14.3. The fraction of sp³-hybridized carbons (Fsp3) is 1.00. The SMILES string of the molecule is CCC(COC1CCC(C(C)(C2CCC(OCC3CO3)CC2)C(I)(I)I)CC1)OC. The van der Waals surface area contributed by atoms with Crippen molar-refractivity contribution in [3.05, 3.63) is 0 Å². The van der Waals surface area contributed by atoms with Crippen LogP contribution in [0.3, 0.4) is 0 Å². The van der Waals surface area contributed by atoms with Crippen LogP contribution in [0, 0.1) is 17.3 Å². The summed E-state index contributed by atoms with van der Waals surface area (Å²) in [6.07, 6.45) is 12.5. The molecule has 0 aromatic heterocycles. The van der Waals surface area contributed by atoms with Crippen molar-refractivity contribution in [3.8, 4) is 0 Å². The Balaban J connectivity index is 1.52. The van der Waals surface area contributed by atoms with Gasteiger partial charge in [-0.05, 0) is 69.6 Å². The maximum absolute atomic E-state index is 6.23. The number of alkyl halides is 3. The monoisotopic (exact) mass is 760 g/mol. The van der Waals surface area contributed by atoms with Gasteiger partial charge in [0.2, 0.25) is 0 Å². The summed E-state index contributed by atoms with van der Waals surface area (Å²) >= 11 is 8.15. The van der Waals surface area contributed by atoms with E-state index >= 15 is 0 Å². The minimum atomic E-state index is 0.224. The van der Waals surface area contributed by atoms with Gasteiger partial charge in [-0.1, -0.05) is 81.6 Å². The molecule has 4 nitrogen and oxygen atoms in total. The molecule has 2 saturated carbocycles. The van der Waals surface area contributed by atoms with Gasteiger partial charge in [-0.3, -0.25) is 0 Å². The Hall–Kier alpha value is 2.03. The third-order valence-electron chi connectivity index (χ3n) is 7.88. The number of rotatable bonds is 11. The summed E-state index contributed by atoms with van der Waals surface area (Å²) in [5.41, 5.74) is 0.336. The summed E-state index contributed by atoms with van der Waals surface area (Å²) < 4.78 is 23.4. The lowest BCUT2D eigenvalue weighted by molar-refractivity contribution is -0.0607. The van der Waals surface area contributed by atoms with Gasteiger partial charge in [-0.25, -0.2) is 0 Å². The van der Waals surface area contributed by atoms with Crippen LogP contribution >= 0.6 is 67.8 Å². The standard InChI is InChI=1S/C23H39I3O4/c1-4-18(27-3)13-28-19-9-5-16(6-10-19)22(2,23(24,25)26)17-7-11-20(12-8-17)29-14-21-15-30-21/h16-21H,4-15H2,1-3H3. The lowest BCUT2D eigenvalue weighted by Crippen LogP contribution is -2.48. The molecule has 1 aliphatic heterocycles. The third-order valence-corrected chi connectivity index (χ3v) is 11.4. The molecular weight excluding hydrogens is 721 g/mol. The minimum Gasteiger partial charge on any atom is -0.379 e. The Kier molecular flexibility index (Phi) is 10.8. The second-order valence-electron chi connectivity index (χ2n) is 9.62. The van der Waals surface area contributed by atoms with Gasteiger partial charge >= 0.3 is 0 Å². The van der Waals surface area contributed by atoms with Crippen molar-refractivity contribution >= 4 is 67.8 Å². The Labute approximate surface area is 224 Å². The van der Waals surface area contributed by atoms with E-state index in [1.165, 1.54) is 51.4 Å². The molecule has 0 amide bonds. The maximum atomic E-state index is 6.23. The van der Waals surface area contributed by atoms with Crippen molar-refractivity contribution in [2.75, 3.05) is 26.9 Å². The van der Waals surface area contributed by atoms with Crippen LogP contribution in [0.1, 0.15) is 71.6 Å². The summed E-state index contributed by atoms with van der Waals surface area (Å²) in [6, 6.07) is 0. The van der Waals surface area contributed by atoms with Crippen molar-refractivity contribution < 1.29 is 18.9 Å². The second-order valence-corrected chi connectivity index (χ2v) is 20.7. The lowest BCUT2D eigenvalue weighted by Gasteiger charge is -2.53. The first-order valence-corrected chi connectivity index (χ1v) is 15.0. The molecule has 0 spiro atoms. The normalized spacial score (nSPS) is 35.6. The van der Waals surface area contributed by atoms with E-state index in [1.807, 2.05) is 0 Å². The topological polar surface area (TPSA) is 40.2 Å². The summed E-state index contributed by atoms with van der Waals surface area (Å²) in [4.78, 5) is 0. The molecular formula is C23H39I3O4. The van der Waals surface area contributed by atoms with Gasteiger partial charge in [0.05, 0.1) is 38.1 Å². The van der Waals surface area contributed by atoms with Gasteiger partial charge in [0.15, 0.2) is 0 Å². The van der Waals surface area contributed by atoms with Gasteiger partial charge in [0, 0.05) is 12.5 Å². The molecule has 7 heteroatoms. The van der Waals surface area contributed by atoms with Crippen LogP contribution in [0.5, 0.6) is 0 Å². The molecule has 0 bridgehead atoms. The van der Waals surface area contributed by atoms with Gasteiger partial charge in [0.1, 0.15) is 5.54 Å². The highest BCUT2D eigenvalue weighted by Gasteiger charge is 2.54. The number of epoxide rings is 1. The molecule has 3 atom stereocenters. The van der Waals surface area contributed by atoms with Crippen LogP contribution in [0.25, 0.3) is 0 Å². The smallest absolute Gasteiger partial charge is 0.130 e. The van der Waals surface area contributed by atoms with E-state index in [0.29, 0.717) is 23.7 Å². The van der Waals surface area contributed by atoms with Crippen molar-refractivity contribution in [2.45, 2.75) is 95.5 Å². The van der Waals surface area contributed by atoms with E-state index in [9.17, 15) is 0 Å². The van der Waals surface area contributed by atoms with Crippen LogP contribution in [0.2, 0.25) is 0 Å². The molecule has 0 N–H and O–H groups in total. The van der Waals surface area contributed by atoms with Gasteiger partial charge in [-0.15, -0.1) is 0 Å². The van der Waals surface area contributed by atoms with Crippen LogP contribution in [-0.4, -0.2) is 50.8 Å². The largest absolute Gasteiger partial charge is 0.379 e. The number of hydrogen-bond acceptors (Lipinski definition) is 4. The Bertz CT molecular complexity index is 505. The number of ether oxygens (including phenoxy) is 4. The minimum absolute atomic E-state index is 0.224. The quantitative estimate of drug-likeness (QED) is 0.130. The predicted molar refractivity (Wildman–Crippen MR) is 147 cm³/mol. The highest BCUT2D eigenvalue weighted by Crippen LogP contribution is 2.63. The molecule has 3 unspecified atom stereocenters. The first kappa shape index (κ1) is 26.6. The Morgan fingerprint density at radius 2 is 1.40 bits per heavy atom. The first-order chi connectivity index (χ1) is 14.3. The summed E-state index contributed by atoms with van der Waals surface area (Å²) in [6.45, 7) is 7.19. The molecule has 3 fully saturated rings. The van der Waals surface area contributed by atoms with E-state index in [2.05, 4.69) is 81.6 Å². The molecule has 2 aliphatic carbocycles. The van der Waals surface area contributed by atoms with E-state index in [4.69, 9.17) is 18.9 Å². The van der Waals surface area contributed by atoms with Gasteiger partial charge in [-0.2, -0.15) is 0 Å². The van der Waals surface area contributed by atoms with Gasteiger partial charge < -0.3 is 18.9 Å². The van der Waals surface area contributed by atoms with E-state index < -0.39 is 0 Å². The van der Waals surface area contributed by atoms with Crippen molar-refractivity contribution in [2.24, 2.45) is 17.3 Å². The van der Waals surface area contributed by atoms with Crippen molar-refractivity contribution in [1.82, 2.24) is 0 Å². The van der Waals surface area contributed by atoms with Crippen molar-refractivity contribution in [1.29, 1.82) is 0 Å². The first-order valence-electron chi connectivity index (χ1n) is 11.7. The predicted octanol–water partition coefficient (Wildman–Crippen LogP) is 6.93. The van der Waals surface area contributed by atoms with E-state index in [0.717, 1.165) is 38.1 Å². The summed E-state index contributed by atoms with van der Waals surface area (Å²) in [7, 11) is 1.79. The van der Waals surface area contributed by atoms with Crippen LogP contribution in [0.15, 0.2) is 0 Å². The zero-order valence-electron chi connectivity index (χ0n) is 18.7. The molecule has 0 radical (unpaired) electrons. The van der Waals surface area contributed by atoms with Crippen LogP contribution in [-0.2, 0) is 18.9 Å². The summed E-state index contributed by atoms with van der Waals surface area (Å²) in [5, 5.41) is 0. The van der Waals surface area contributed by atoms with Crippen LogP contribution < -0.4 is 0 Å². The van der Waals surface area contributed by atoms with E-state index in [-0.39, 0.29) is 5.54 Å². The molecule has 1 saturated heterocycles. The Morgan fingerprint density at radius 1 is 0.900 bits per heavy atom. The van der Waals surface area contributed by atoms with Crippen molar-refractivity contribution in [3.63, 3.8) is 0 Å². The molecule has 1 heterocycles. The number of methoxy groups -OCH3 is 1. The highest BCUT2D eigenvalue weighted by atomic mass is 127. The lowest BCUT2D eigenvalue weighted by atomic mass is 9.60. The average molecular weight is 760 g/mol. The number of halogens is 3. The number of hydrogen-bond donors (Lipinski definition) is 0. The molecule has 176 valence electrons. The molecule has 0 aromatic rings. The zero-order valence-corrected chi connectivity index (χ0v) is 25.2. The molecule has 0 aromatic carbocycles. The van der Waals surface area contributed by atoms with Crippen LogP contribution in [0.4, 0.5) is 0 Å². The van der Waals surface area contributed by atoms with Gasteiger partial charge in [0.25, 0.3) is 0 Å². The molecule has 3 aliphatic rings. The maximum Gasteiger partial charge on any atom is 0.130 e. The average Bonchev–Trinajstić information content (AvgIpc) is 3.57. The third kappa shape index (κ3) is 7.02. The molecule has 3 rings (SSSR count). The Morgan fingerprint density at radius 3 is 1.80 bits per heavy atom. The van der Waals surface area contributed by atoms with E-state index in [1.54, 1.807) is 7.11 Å². The second kappa shape index (κ2) is 12.1. The fourth-order valence-corrected chi connectivity index (χ4v) is 8.10. The zero-order chi connectivity index (χ0) is 21.8. The summed E-state index contributed by atoms with van der Waals surface area (Å²) in [5.74, 6) is 1.55. The fourth-order valence-electron chi connectivity index (χ4n) is 5.46.